The van der Waals surface area contributed by atoms with E-state index in [1.165, 1.54) is 0 Å². The molecule has 0 fully saturated rings. The van der Waals surface area contributed by atoms with E-state index in [9.17, 15) is 5.11 Å². The number of fused-ring (bicyclic) bond motifs is 1. The van der Waals surface area contributed by atoms with Gasteiger partial charge in [-0.25, -0.2) is 4.98 Å². The van der Waals surface area contributed by atoms with Crippen molar-refractivity contribution in [3.8, 4) is 5.75 Å². The highest BCUT2D eigenvalue weighted by Gasteiger charge is 2.24. The number of aromatic hydroxyl groups is 1. The number of halogens is 3. The van der Waals surface area contributed by atoms with Gasteiger partial charge in [0.15, 0.2) is 0 Å². The van der Waals surface area contributed by atoms with E-state index in [2.05, 4.69) is 15.3 Å². The van der Waals surface area contributed by atoms with Gasteiger partial charge in [0.05, 0.1) is 11.1 Å². The molecule has 0 radical (unpaired) electrons. The smallest absolute Gasteiger partial charge is 0.147 e. The Hall–Kier alpha value is -2.53. The molecule has 2 aromatic heterocycles. The molecule has 0 saturated heterocycles. The predicted octanol–water partition coefficient (Wildman–Crippen LogP) is 6.50. The second kappa shape index (κ2) is 7.84. The van der Waals surface area contributed by atoms with Gasteiger partial charge in [0.2, 0.25) is 0 Å². The molecule has 2 heterocycles. The summed E-state index contributed by atoms with van der Waals surface area (Å²) in [6.07, 6.45) is 3.28. The maximum absolute atomic E-state index is 11.0. The zero-order valence-corrected chi connectivity index (χ0v) is 16.7. The molecular weight excluding hydrogens is 417 g/mol. The molecule has 1 unspecified atom stereocenters. The van der Waals surface area contributed by atoms with Crippen LogP contribution >= 0.6 is 34.8 Å². The Morgan fingerprint density at radius 2 is 1.64 bits per heavy atom. The van der Waals surface area contributed by atoms with E-state index in [4.69, 9.17) is 34.8 Å². The molecule has 1 atom stereocenters. The molecule has 7 heteroatoms. The third-order valence-corrected chi connectivity index (χ3v) is 5.27. The van der Waals surface area contributed by atoms with Crippen LogP contribution in [0.1, 0.15) is 17.2 Å². The van der Waals surface area contributed by atoms with Crippen molar-refractivity contribution in [1.82, 2.24) is 9.97 Å². The summed E-state index contributed by atoms with van der Waals surface area (Å²) < 4.78 is 0. The highest BCUT2D eigenvalue weighted by molar-refractivity contribution is 6.36. The lowest BCUT2D eigenvalue weighted by Crippen LogP contribution is -2.14. The Morgan fingerprint density at radius 3 is 2.43 bits per heavy atom. The van der Waals surface area contributed by atoms with Crippen LogP contribution in [0.25, 0.3) is 10.9 Å². The molecule has 0 spiro atoms. The van der Waals surface area contributed by atoms with Gasteiger partial charge in [-0.3, -0.25) is 4.98 Å². The van der Waals surface area contributed by atoms with Crippen molar-refractivity contribution in [3.63, 3.8) is 0 Å². The van der Waals surface area contributed by atoms with E-state index in [0.717, 1.165) is 0 Å². The summed E-state index contributed by atoms with van der Waals surface area (Å²) in [6, 6.07) is 15.4. The first kappa shape index (κ1) is 18.8. The van der Waals surface area contributed by atoms with Crippen molar-refractivity contribution < 1.29 is 5.11 Å². The predicted molar refractivity (Wildman–Crippen MR) is 115 cm³/mol. The second-order valence-corrected chi connectivity index (χ2v) is 7.40. The maximum Gasteiger partial charge on any atom is 0.147 e. The minimum absolute atomic E-state index is 0.0180. The maximum atomic E-state index is 11.0. The molecule has 0 amide bonds. The van der Waals surface area contributed by atoms with E-state index in [1.807, 2.05) is 24.3 Å². The van der Waals surface area contributed by atoms with Crippen molar-refractivity contribution in [2.24, 2.45) is 0 Å². The molecule has 140 valence electrons. The van der Waals surface area contributed by atoms with Crippen LogP contribution in [0.4, 0.5) is 5.82 Å². The fraction of sp³-hybridized carbons (Fsp3) is 0.0476. The normalized spacial score (nSPS) is 12.1. The molecule has 28 heavy (non-hydrogen) atoms. The zero-order valence-electron chi connectivity index (χ0n) is 14.4. The van der Waals surface area contributed by atoms with Crippen LogP contribution in [0.2, 0.25) is 15.1 Å². The Kier molecular flexibility index (Phi) is 5.27. The van der Waals surface area contributed by atoms with Gasteiger partial charge >= 0.3 is 0 Å². The highest BCUT2D eigenvalue weighted by Crippen LogP contribution is 2.41. The molecule has 2 aromatic carbocycles. The van der Waals surface area contributed by atoms with Crippen molar-refractivity contribution in [2.45, 2.75) is 6.04 Å². The van der Waals surface area contributed by atoms with E-state index in [1.54, 1.807) is 42.7 Å². The van der Waals surface area contributed by atoms with Crippen LogP contribution in [-0.4, -0.2) is 15.1 Å². The molecule has 2 N–H and O–H groups in total. The number of pyridine rings is 2. The van der Waals surface area contributed by atoms with Gasteiger partial charge in [-0.2, -0.15) is 0 Å². The van der Waals surface area contributed by atoms with Crippen LogP contribution in [0.15, 0.2) is 67.0 Å². The van der Waals surface area contributed by atoms with Gasteiger partial charge in [0, 0.05) is 33.4 Å². The summed E-state index contributed by atoms with van der Waals surface area (Å²) in [6.45, 7) is 0. The van der Waals surface area contributed by atoms with E-state index in [0.29, 0.717) is 42.9 Å². The van der Waals surface area contributed by atoms with E-state index in [-0.39, 0.29) is 5.75 Å². The first-order valence-corrected chi connectivity index (χ1v) is 9.56. The summed E-state index contributed by atoms with van der Waals surface area (Å²) in [5.74, 6) is 0.629. The number of nitrogens with zero attached hydrogens (tertiary/aromatic N) is 2. The van der Waals surface area contributed by atoms with Gasteiger partial charge < -0.3 is 10.4 Å². The average Bonchev–Trinajstić information content (AvgIpc) is 2.72. The first-order valence-electron chi connectivity index (χ1n) is 8.43. The fourth-order valence-electron chi connectivity index (χ4n) is 3.08. The molecule has 4 nitrogen and oxygen atoms in total. The topological polar surface area (TPSA) is 58.0 Å². The molecule has 4 rings (SSSR count). The lowest BCUT2D eigenvalue weighted by Gasteiger charge is -2.23. The zero-order chi connectivity index (χ0) is 19.7. The summed E-state index contributed by atoms with van der Waals surface area (Å²) >= 11 is 19.2. The van der Waals surface area contributed by atoms with Crippen LogP contribution < -0.4 is 5.32 Å². The number of phenolic OH excluding ortho intramolecular Hbond substituents is 1. The van der Waals surface area contributed by atoms with Crippen molar-refractivity contribution in [1.29, 1.82) is 0 Å². The van der Waals surface area contributed by atoms with Crippen LogP contribution in [-0.2, 0) is 0 Å². The Labute approximate surface area is 176 Å². The minimum atomic E-state index is -0.551. The molecule has 0 saturated carbocycles. The SMILES string of the molecule is Oc1c(C(Nc2ccccn2)c2cc(Cl)ccc2Cl)cc(Cl)c2cccnc12. The Bertz CT molecular complexity index is 1150. The van der Waals surface area contributed by atoms with Crippen LogP contribution in [0, 0.1) is 0 Å². The molecule has 0 bridgehead atoms. The monoisotopic (exact) mass is 429 g/mol. The molecule has 4 aromatic rings. The van der Waals surface area contributed by atoms with Gasteiger partial charge in [0.1, 0.15) is 17.1 Å². The summed E-state index contributed by atoms with van der Waals surface area (Å²) in [5, 5.41) is 16.5. The lowest BCUT2D eigenvalue weighted by atomic mass is 9.96. The van der Waals surface area contributed by atoms with Crippen molar-refractivity contribution in [3.05, 3.63) is 93.2 Å². The Morgan fingerprint density at radius 1 is 0.821 bits per heavy atom. The molecular formula is C21H14Cl3N3O. The number of benzene rings is 2. The number of nitrogens with one attached hydrogen (secondary N) is 1. The third-order valence-electron chi connectivity index (χ3n) is 4.38. The Balaban J connectivity index is 1.94. The number of hydrogen-bond donors (Lipinski definition) is 2. The number of hydrogen-bond acceptors (Lipinski definition) is 4. The number of aromatic nitrogens is 2. The van der Waals surface area contributed by atoms with Gasteiger partial charge in [-0.1, -0.05) is 40.9 Å². The summed E-state index contributed by atoms with van der Waals surface area (Å²) in [4.78, 5) is 8.61. The lowest BCUT2D eigenvalue weighted by molar-refractivity contribution is 0.471. The van der Waals surface area contributed by atoms with Crippen LogP contribution in [0.5, 0.6) is 5.75 Å². The minimum Gasteiger partial charge on any atom is -0.505 e. The van der Waals surface area contributed by atoms with Gasteiger partial charge in [-0.05, 0) is 54.1 Å². The first-order chi connectivity index (χ1) is 13.5. The fourth-order valence-corrected chi connectivity index (χ4v) is 3.76. The standard InChI is InChI=1S/C21H14Cl3N3O/c22-12-6-7-16(23)14(10-12)19(27-18-5-1-2-8-25-18)15-11-17(24)13-4-3-9-26-20(13)21(15)28/h1-11,19,28H,(H,25,27). The van der Waals surface area contributed by atoms with Crippen molar-refractivity contribution in [2.75, 3.05) is 5.32 Å². The van der Waals surface area contributed by atoms with Crippen LogP contribution in [0.3, 0.4) is 0 Å². The highest BCUT2D eigenvalue weighted by atomic mass is 35.5. The number of anilines is 1. The van der Waals surface area contributed by atoms with E-state index < -0.39 is 6.04 Å². The number of phenols is 1. The quantitative estimate of drug-likeness (QED) is 0.388. The largest absolute Gasteiger partial charge is 0.505 e. The average molecular weight is 431 g/mol. The van der Waals surface area contributed by atoms with Gasteiger partial charge in [-0.15, -0.1) is 0 Å². The summed E-state index contributed by atoms with van der Waals surface area (Å²) in [5.41, 5.74) is 1.61. The molecule has 0 aliphatic carbocycles. The second-order valence-electron chi connectivity index (χ2n) is 6.15. The molecule has 0 aliphatic rings. The van der Waals surface area contributed by atoms with Gasteiger partial charge in [0.25, 0.3) is 0 Å². The summed E-state index contributed by atoms with van der Waals surface area (Å²) in [7, 11) is 0. The number of rotatable bonds is 4. The van der Waals surface area contributed by atoms with Crippen molar-refractivity contribution >= 4 is 51.5 Å². The third kappa shape index (κ3) is 3.59. The van der Waals surface area contributed by atoms with E-state index >= 15 is 0 Å². The molecule has 0 aliphatic heterocycles.